The Kier molecular flexibility index (Phi) is 5.14. The summed E-state index contributed by atoms with van der Waals surface area (Å²) >= 11 is 0. The minimum atomic E-state index is -0.585. The van der Waals surface area contributed by atoms with Gasteiger partial charge in [0.25, 0.3) is 0 Å². The van der Waals surface area contributed by atoms with Crippen LogP contribution in [-0.2, 0) is 17.7 Å². The molecule has 1 atom stereocenters. The zero-order valence-corrected chi connectivity index (χ0v) is 12.9. The first-order valence-electron chi connectivity index (χ1n) is 7.57. The number of benzene rings is 2. The summed E-state index contributed by atoms with van der Waals surface area (Å²) in [6, 6.07) is 19.3. The maximum absolute atomic E-state index is 12.1. The molecule has 3 aromatic rings. The van der Waals surface area contributed by atoms with Crippen molar-refractivity contribution in [1.82, 2.24) is 25.9 Å². The van der Waals surface area contributed by atoms with Gasteiger partial charge in [0.2, 0.25) is 0 Å². The van der Waals surface area contributed by atoms with Gasteiger partial charge in [0, 0.05) is 13.0 Å². The molecule has 2 aromatic carbocycles. The highest BCUT2D eigenvalue weighted by Crippen LogP contribution is 2.18. The van der Waals surface area contributed by atoms with Crippen molar-refractivity contribution in [2.45, 2.75) is 19.1 Å². The van der Waals surface area contributed by atoms with Crippen LogP contribution in [0.15, 0.2) is 60.7 Å². The van der Waals surface area contributed by atoms with E-state index in [0.29, 0.717) is 18.8 Å². The fourth-order valence-corrected chi connectivity index (χ4v) is 2.27. The van der Waals surface area contributed by atoms with Crippen molar-refractivity contribution < 1.29 is 9.53 Å². The van der Waals surface area contributed by atoms with E-state index < -0.39 is 12.2 Å². The minimum Gasteiger partial charge on any atom is -0.438 e. The third kappa shape index (κ3) is 4.39. The van der Waals surface area contributed by atoms with Gasteiger partial charge in [-0.3, -0.25) is 0 Å². The Morgan fingerprint density at radius 2 is 1.71 bits per heavy atom. The van der Waals surface area contributed by atoms with Crippen LogP contribution in [0.2, 0.25) is 0 Å². The zero-order chi connectivity index (χ0) is 16.6. The summed E-state index contributed by atoms with van der Waals surface area (Å²) in [5.74, 6) is 0.411. The van der Waals surface area contributed by atoms with Gasteiger partial charge in [-0.2, -0.15) is 0 Å². The summed E-state index contributed by atoms with van der Waals surface area (Å²) in [5, 5.41) is 16.4. The molecule has 1 amide bonds. The Balaban J connectivity index is 1.62. The first-order valence-corrected chi connectivity index (χ1v) is 7.57. The van der Waals surface area contributed by atoms with Gasteiger partial charge in [0.05, 0.1) is 0 Å². The highest BCUT2D eigenvalue weighted by molar-refractivity contribution is 5.67. The van der Waals surface area contributed by atoms with Crippen LogP contribution in [0.5, 0.6) is 0 Å². The molecule has 1 unspecified atom stereocenters. The van der Waals surface area contributed by atoms with Crippen molar-refractivity contribution in [2.24, 2.45) is 0 Å². The number of hydrogen-bond donors (Lipinski definition) is 2. The molecule has 2 N–H and O–H groups in total. The molecule has 3 rings (SSSR count). The van der Waals surface area contributed by atoms with Crippen molar-refractivity contribution in [3.05, 3.63) is 77.6 Å². The first kappa shape index (κ1) is 15.7. The Hall–Kier alpha value is -3.22. The van der Waals surface area contributed by atoms with Crippen LogP contribution < -0.4 is 5.32 Å². The molecule has 0 bridgehead atoms. The summed E-state index contributed by atoms with van der Waals surface area (Å²) in [6.45, 7) is 0.395. The molecule has 0 saturated heterocycles. The molecule has 0 saturated carbocycles. The predicted octanol–water partition coefficient (Wildman–Crippen LogP) is 2.41. The lowest BCUT2D eigenvalue weighted by atomic mass is 10.1. The highest BCUT2D eigenvalue weighted by atomic mass is 16.6. The Morgan fingerprint density at radius 3 is 2.33 bits per heavy atom. The maximum atomic E-state index is 12.1. The maximum Gasteiger partial charge on any atom is 0.408 e. The second-order valence-electron chi connectivity index (χ2n) is 5.21. The van der Waals surface area contributed by atoms with Crippen LogP contribution in [-0.4, -0.2) is 26.7 Å². The van der Waals surface area contributed by atoms with E-state index in [9.17, 15) is 4.79 Å². The Labute approximate surface area is 139 Å². The molecule has 0 fully saturated rings. The van der Waals surface area contributed by atoms with Gasteiger partial charge in [0.15, 0.2) is 11.9 Å². The Morgan fingerprint density at radius 1 is 1.04 bits per heavy atom. The molecule has 1 aromatic heterocycles. The van der Waals surface area contributed by atoms with Gasteiger partial charge < -0.3 is 10.1 Å². The summed E-state index contributed by atoms with van der Waals surface area (Å²) in [7, 11) is 0. The number of carbonyl (C=O) groups is 1. The van der Waals surface area contributed by atoms with Crippen molar-refractivity contribution in [1.29, 1.82) is 0 Å². The average molecular weight is 323 g/mol. The first-order chi connectivity index (χ1) is 11.8. The van der Waals surface area contributed by atoms with Gasteiger partial charge in [-0.25, -0.2) is 9.89 Å². The monoisotopic (exact) mass is 323 g/mol. The molecule has 24 heavy (non-hydrogen) atoms. The van der Waals surface area contributed by atoms with Crippen molar-refractivity contribution in [3.63, 3.8) is 0 Å². The normalized spacial score (nSPS) is 11.7. The molecule has 0 radical (unpaired) electrons. The number of carbonyl (C=O) groups excluding carboxylic acids is 1. The number of rotatable bonds is 6. The van der Waals surface area contributed by atoms with E-state index in [2.05, 4.69) is 25.9 Å². The zero-order valence-electron chi connectivity index (χ0n) is 12.9. The number of nitrogens with one attached hydrogen (secondary N) is 2. The molecule has 0 spiro atoms. The third-order valence-corrected chi connectivity index (χ3v) is 3.46. The van der Waals surface area contributed by atoms with E-state index in [1.807, 2.05) is 60.7 Å². The lowest BCUT2D eigenvalue weighted by molar-refractivity contribution is 0.0923. The number of H-pyrrole nitrogens is 1. The van der Waals surface area contributed by atoms with E-state index in [1.165, 1.54) is 0 Å². The molecule has 1 heterocycles. The predicted molar refractivity (Wildman–Crippen MR) is 86.8 cm³/mol. The molecular weight excluding hydrogens is 306 g/mol. The summed E-state index contributed by atoms with van der Waals surface area (Å²) in [5.41, 5.74) is 2.02. The van der Waals surface area contributed by atoms with Gasteiger partial charge in [-0.1, -0.05) is 60.7 Å². The minimum absolute atomic E-state index is 0.395. The van der Waals surface area contributed by atoms with Crippen molar-refractivity contribution in [3.8, 4) is 0 Å². The van der Waals surface area contributed by atoms with E-state index in [1.54, 1.807) is 0 Å². The highest BCUT2D eigenvalue weighted by Gasteiger charge is 2.20. The summed E-state index contributed by atoms with van der Waals surface area (Å²) in [4.78, 5) is 12.1. The van der Waals surface area contributed by atoms with Crippen LogP contribution in [0, 0.1) is 0 Å². The number of nitrogens with zero attached hydrogens (tertiary/aromatic N) is 3. The standard InChI is InChI=1S/C17H17N5O2/c23-17(18-12-14-9-5-2-6-10-14)24-15(16-19-21-22-20-16)11-13-7-3-1-4-8-13/h1-10,15H,11-12H2,(H,18,23)(H,19,20,21,22). The molecule has 0 aliphatic rings. The number of aromatic nitrogens is 4. The second-order valence-corrected chi connectivity index (χ2v) is 5.21. The lowest BCUT2D eigenvalue weighted by Gasteiger charge is -2.15. The van der Waals surface area contributed by atoms with Gasteiger partial charge in [-0.15, -0.1) is 5.10 Å². The van der Waals surface area contributed by atoms with Gasteiger partial charge in [-0.05, 0) is 21.6 Å². The number of amides is 1. The quantitative estimate of drug-likeness (QED) is 0.726. The van der Waals surface area contributed by atoms with Crippen molar-refractivity contribution in [2.75, 3.05) is 0 Å². The number of tetrazole rings is 1. The van der Waals surface area contributed by atoms with Gasteiger partial charge in [0.1, 0.15) is 0 Å². The molecular formula is C17H17N5O2. The van der Waals surface area contributed by atoms with Gasteiger partial charge >= 0.3 is 6.09 Å². The average Bonchev–Trinajstić information content (AvgIpc) is 3.16. The van der Waals surface area contributed by atoms with Crippen LogP contribution in [0.25, 0.3) is 0 Å². The van der Waals surface area contributed by atoms with E-state index in [0.717, 1.165) is 11.1 Å². The van der Waals surface area contributed by atoms with Crippen LogP contribution in [0.3, 0.4) is 0 Å². The number of alkyl carbamates (subject to hydrolysis) is 1. The number of ether oxygens (including phenoxy) is 1. The molecule has 0 aliphatic carbocycles. The Bertz CT molecular complexity index is 747. The van der Waals surface area contributed by atoms with E-state index in [-0.39, 0.29) is 0 Å². The van der Waals surface area contributed by atoms with Crippen molar-refractivity contribution >= 4 is 6.09 Å². The topological polar surface area (TPSA) is 92.8 Å². The van der Waals surface area contributed by atoms with E-state index >= 15 is 0 Å². The van der Waals surface area contributed by atoms with Crippen LogP contribution in [0.4, 0.5) is 4.79 Å². The van der Waals surface area contributed by atoms with Crippen LogP contribution >= 0.6 is 0 Å². The van der Waals surface area contributed by atoms with E-state index in [4.69, 9.17) is 4.74 Å². The fraction of sp³-hybridized carbons (Fsp3) is 0.176. The molecule has 7 heteroatoms. The fourth-order valence-electron chi connectivity index (χ4n) is 2.27. The lowest BCUT2D eigenvalue weighted by Crippen LogP contribution is -2.26. The largest absolute Gasteiger partial charge is 0.438 e. The molecule has 0 aliphatic heterocycles. The number of hydrogen-bond acceptors (Lipinski definition) is 5. The summed E-state index contributed by atoms with van der Waals surface area (Å²) in [6.07, 6.45) is -0.620. The number of aromatic amines is 1. The molecule has 7 nitrogen and oxygen atoms in total. The third-order valence-electron chi connectivity index (χ3n) is 3.46. The van der Waals surface area contributed by atoms with Crippen LogP contribution in [0.1, 0.15) is 23.1 Å². The SMILES string of the molecule is O=C(NCc1ccccc1)OC(Cc1ccccc1)c1nnn[nH]1. The molecule has 122 valence electrons. The smallest absolute Gasteiger partial charge is 0.408 e. The second kappa shape index (κ2) is 7.87. The summed E-state index contributed by atoms with van der Waals surface area (Å²) < 4.78 is 5.50.